The molecule has 0 unspecified atom stereocenters. The highest BCUT2D eigenvalue weighted by atomic mass is 16.5. The van der Waals surface area contributed by atoms with E-state index in [2.05, 4.69) is 16.8 Å². The molecule has 9 nitrogen and oxygen atoms in total. The van der Waals surface area contributed by atoms with E-state index in [-0.39, 0.29) is 17.7 Å². The monoisotopic (exact) mass is 473 g/mol. The Kier molecular flexibility index (Phi) is 5.83. The molecule has 0 spiro atoms. The third-order valence-corrected chi connectivity index (χ3v) is 7.03. The van der Waals surface area contributed by atoms with Crippen molar-refractivity contribution in [3.8, 4) is 6.19 Å². The van der Waals surface area contributed by atoms with Crippen molar-refractivity contribution < 1.29 is 18.7 Å². The average molecular weight is 474 g/mol. The number of piperazine rings is 1. The van der Waals surface area contributed by atoms with Crippen LogP contribution < -0.4 is 10.6 Å². The summed E-state index contributed by atoms with van der Waals surface area (Å²) >= 11 is 0. The lowest BCUT2D eigenvalue weighted by molar-refractivity contribution is -0.134. The Morgan fingerprint density at radius 3 is 2.86 bits per heavy atom. The maximum Gasteiger partial charge on any atom is 0.354 e. The van der Waals surface area contributed by atoms with E-state index in [1.165, 1.54) is 13.4 Å². The van der Waals surface area contributed by atoms with Crippen molar-refractivity contribution in [2.75, 3.05) is 26.7 Å². The SMILES string of the molecule is CC[C@]12C=C(C(=O)OC)n3c(c(CCNC(=O)c4ccco4)c4ccccc43)[C@H]1N(C#N)CCN2. The fourth-order valence-corrected chi connectivity index (χ4v) is 5.46. The van der Waals surface area contributed by atoms with Crippen LogP contribution in [-0.2, 0) is 16.0 Å². The highest BCUT2D eigenvalue weighted by Crippen LogP contribution is 2.47. The second kappa shape index (κ2) is 8.96. The van der Waals surface area contributed by atoms with E-state index in [9.17, 15) is 14.9 Å². The first-order chi connectivity index (χ1) is 17.0. The number of para-hydroxylation sites is 1. The fraction of sp³-hybridized carbons (Fsp3) is 0.346. The molecule has 2 N–H and O–H groups in total. The molecule has 180 valence electrons. The Labute approximate surface area is 202 Å². The summed E-state index contributed by atoms with van der Waals surface area (Å²) in [5.74, 6) is -0.475. The Balaban J connectivity index is 1.66. The van der Waals surface area contributed by atoms with Crippen LogP contribution in [0.1, 0.15) is 41.2 Å². The van der Waals surface area contributed by atoms with Crippen molar-refractivity contribution >= 4 is 28.5 Å². The van der Waals surface area contributed by atoms with Crippen LogP contribution in [0, 0.1) is 11.5 Å². The maximum absolute atomic E-state index is 13.0. The molecular formula is C26H27N5O4. The first-order valence-electron chi connectivity index (χ1n) is 11.7. The first-order valence-corrected chi connectivity index (χ1v) is 11.7. The van der Waals surface area contributed by atoms with E-state index in [1.54, 1.807) is 17.0 Å². The number of fused-ring (bicyclic) bond motifs is 5. The van der Waals surface area contributed by atoms with Crippen molar-refractivity contribution in [1.29, 1.82) is 5.26 Å². The van der Waals surface area contributed by atoms with Crippen molar-refractivity contribution in [1.82, 2.24) is 20.1 Å². The lowest BCUT2D eigenvalue weighted by atomic mass is 9.78. The standard InChI is InChI=1S/C26H27N5O4/c1-3-26-15-20(25(33)34-2)31-19-8-5-4-7-17(19)18(10-11-28-24(32)21-9-6-14-35-21)22(31)23(26)30(16-27)13-12-29-26/h4-9,14-15,23,29H,3,10-13H2,1-2H3,(H,28,32)/t23-,26+/m1/s1. The van der Waals surface area contributed by atoms with Gasteiger partial charge in [-0.25, -0.2) is 4.79 Å². The Bertz CT molecular complexity index is 1350. The molecule has 1 aromatic carbocycles. The van der Waals surface area contributed by atoms with Crippen LogP contribution in [0.4, 0.5) is 0 Å². The Morgan fingerprint density at radius 2 is 2.14 bits per heavy atom. The molecule has 0 aliphatic carbocycles. The summed E-state index contributed by atoms with van der Waals surface area (Å²) in [7, 11) is 1.38. The lowest BCUT2D eigenvalue weighted by Crippen LogP contribution is -2.61. The molecule has 1 saturated heterocycles. The molecule has 2 aromatic heterocycles. The highest BCUT2D eigenvalue weighted by molar-refractivity contribution is 6.13. The van der Waals surface area contributed by atoms with Gasteiger partial charge in [-0.05, 0) is 42.7 Å². The molecule has 35 heavy (non-hydrogen) atoms. The number of nitriles is 1. The largest absolute Gasteiger partial charge is 0.464 e. The number of amides is 1. The summed E-state index contributed by atoms with van der Waals surface area (Å²) in [4.78, 5) is 27.3. The molecular weight excluding hydrogens is 446 g/mol. The summed E-state index contributed by atoms with van der Waals surface area (Å²) in [5.41, 5.74) is 2.53. The van der Waals surface area contributed by atoms with Crippen molar-refractivity contribution in [3.05, 3.63) is 65.8 Å². The van der Waals surface area contributed by atoms with Crippen LogP contribution in [0.25, 0.3) is 16.6 Å². The van der Waals surface area contributed by atoms with Crippen molar-refractivity contribution in [3.63, 3.8) is 0 Å². The summed E-state index contributed by atoms with van der Waals surface area (Å²) in [6.07, 6.45) is 6.95. The van der Waals surface area contributed by atoms with Crippen LogP contribution >= 0.6 is 0 Å². The number of nitrogens with one attached hydrogen (secondary N) is 2. The zero-order chi connectivity index (χ0) is 24.6. The maximum atomic E-state index is 13.0. The van der Waals surface area contributed by atoms with Gasteiger partial charge in [-0.2, -0.15) is 5.26 Å². The van der Waals surface area contributed by atoms with Crippen LogP contribution in [0.3, 0.4) is 0 Å². The van der Waals surface area contributed by atoms with Crippen molar-refractivity contribution in [2.45, 2.75) is 31.3 Å². The number of hydrogen-bond acceptors (Lipinski definition) is 7. The van der Waals surface area contributed by atoms with E-state index >= 15 is 0 Å². The molecule has 2 atom stereocenters. The zero-order valence-electron chi connectivity index (χ0n) is 19.7. The van der Waals surface area contributed by atoms with Crippen LogP contribution in [0.2, 0.25) is 0 Å². The van der Waals surface area contributed by atoms with E-state index in [0.29, 0.717) is 38.2 Å². The minimum atomic E-state index is -0.617. The van der Waals surface area contributed by atoms with Gasteiger partial charge in [-0.15, -0.1) is 0 Å². The van der Waals surface area contributed by atoms with E-state index < -0.39 is 11.5 Å². The molecule has 2 aliphatic rings. The smallest absolute Gasteiger partial charge is 0.354 e. The summed E-state index contributed by atoms with van der Waals surface area (Å²) in [6, 6.07) is 10.8. The number of benzene rings is 1. The topological polar surface area (TPSA) is 113 Å². The molecule has 4 heterocycles. The van der Waals surface area contributed by atoms with Gasteiger partial charge in [-0.1, -0.05) is 25.1 Å². The van der Waals surface area contributed by atoms with Gasteiger partial charge in [0, 0.05) is 25.0 Å². The van der Waals surface area contributed by atoms with Gasteiger partial charge in [0.05, 0.1) is 30.1 Å². The number of nitrogens with zero attached hydrogens (tertiary/aromatic N) is 3. The van der Waals surface area contributed by atoms with Gasteiger partial charge in [0.25, 0.3) is 5.91 Å². The van der Waals surface area contributed by atoms with E-state index in [1.807, 2.05) is 41.8 Å². The Morgan fingerprint density at radius 1 is 1.31 bits per heavy atom. The van der Waals surface area contributed by atoms with E-state index in [4.69, 9.17) is 9.15 Å². The molecule has 0 saturated carbocycles. The molecule has 0 radical (unpaired) electrons. The number of rotatable bonds is 6. The lowest BCUT2D eigenvalue weighted by Gasteiger charge is -2.50. The molecule has 5 rings (SSSR count). The second-order valence-electron chi connectivity index (χ2n) is 8.74. The predicted octanol–water partition coefficient (Wildman–Crippen LogP) is 2.81. The number of aromatic nitrogens is 1. The summed E-state index contributed by atoms with van der Waals surface area (Å²) < 4.78 is 12.3. The predicted molar refractivity (Wildman–Crippen MR) is 129 cm³/mol. The first kappa shape index (κ1) is 22.7. The molecule has 2 aliphatic heterocycles. The fourth-order valence-electron chi connectivity index (χ4n) is 5.46. The molecule has 1 fully saturated rings. The molecule has 1 amide bonds. The summed E-state index contributed by atoms with van der Waals surface area (Å²) in [5, 5.41) is 17.5. The minimum absolute atomic E-state index is 0.252. The van der Waals surface area contributed by atoms with Crippen LogP contribution in [-0.4, -0.2) is 53.6 Å². The number of carbonyl (C=O) groups is 2. The second-order valence-corrected chi connectivity index (χ2v) is 8.74. The van der Waals surface area contributed by atoms with Gasteiger partial charge in [0.15, 0.2) is 12.0 Å². The molecule has 0 bridgehead atoms. The molecule has 9 heteroatoms. The number of esters is 1. The third kappa shape index (κ3) is 3.58. The normalized spacial score (nSPS) is 21.0. The molecule has 3 aromatic rings. The third-order valence-electron chi connectivity index (χ3n) is 7.03. The number of furan rings is 1. The van der Waals surface area contributed by atoms with Crippen LogP contribution in [0.5, 0.6) is 0 Å². The van der Waals surface area contributed by atoms with Crippen molar-refractivity contribution in [2.24, 2.45) is 0 Å². The van der Waals surface area contributed by atoms with Crippen LogP contribution in [0.15, 0.2) is 53.2 Å². The van der Waals surface area contributed by atoms with Gasteiger partial charge < -0.3 is 24.4 Å². The van der Waals surface area contributed by atoms with Gasteiger partial charge in [-0.3, -0.25) is 9.69 Å². The van der Waals surface area contributed by atoms with Gasteiger partial charge >= 0.3 is 5.97 Å². The number of carbonyl (C=O) groups excluding carboxylic acids is 2. The Hall–Kier alpha value is -4.03. The highest BCUT2D eigenvalue weighted by Gasteiger charge is 2.50. The minimum Gasteiger partial charge on any atom is -0.464 e. The van der Waals surface area contributed by atoms with E-state index in [0.717, 1.165) is 22.2 Å². The number of methoxy groups -OCH3 is 1. The quantitative estimate of drug-likeness (QED) is 0.418. The summed E-state index contributed by atoms with van der Waals surface area (Å²) in [6.45, 7) is 3.59. The van der Waals surface area contributed by atoms with Gasteiger partial charge in [0.1, 0.15) is 11.7 Å². The zero-order valence-corrected chi connectivity index (χ0v) is 19.7. The van der Waals surface area contributed by atoms with Gasteiger partial charge in [0.2, 0.25) is 0 Å². The average Bonchev–Trinajstić information content (AvgIpc) is 3.54. The number of ether oxygens (including phenoxy) is 1. The number of hydrogen-bond donors (Lipinski definition) is 2.